The maximum atomic E-state index is 14.6. The second-order valence-corrected chi connectivity index (χ2v) is 17.9. The van der Waals surface area contributed by atoms with Crippen molar-refractivity contribution in [2.24, 2.45) is 0 Å². The molecule has 1 aliphatic heterocycles. The maximum Gasteiger partial charge on any atom is 0.420 e. The number of carbonyl (C=O) groups is 2. The monoisotopic (exact) mass is 758 g/mol. The first-order valence-corrected chi connectivity index (χ1v) is 18.6. The van der Waals surface area contributed by atoms with Crippen molar-refractivity contribution in [3.8, 4) is 11.4 Å². The van der Waals surface area contributed by atoms with Crippen molar-refractivity contribution in [3.63, 3.8) is 0 Å². The van der Waals surface area contributed by atoms with Crippen LogP contribution in [0.4, 0.5) is 18.4 Å². The first kappa shape index (κ1) is 37.3. The summed E-state index contributed by atoms with van der Waals surface area (Å²) >= 11 is 6.83. The second kappa shape index (κ2) is 13.2. The van der Waals surface area contributed by atoms with Crippen molar-refractivity contribution in [3.05, 3.63) is 71.2 Å². The number of allylic oxidation sites excluding steroid dienone is 2. The molecule has 1 N–H and O–H groups in total. The molecule has 3 aromatic heterocycles. The number of rotatable bonds is 5. The summed E-state index contributed by atoms with van der Waals surface area (Å²) in [5.74, 6) is -2.45. The number of fused-ring (bicyclic) bond motifs is 2. The Hall–Kier alpha value is -4.50. The van der Waals surface area contributed by atoms with Gasteiger partial charge in [0.15, 0.2) is 23.1 Å². The van der Waals surface area contributed by atoms with Crippen LogP contribution in [0.1, 0.15) is 67.7 Å². The third kappa shape index (κ3) is 7.12. The van der Waals surface area contributed by atoms with Crippen molar-refractivity contribution >= 4 is 55.9 Å². The zero-order valence-electron chi connectivity index (χ0n) is 30.0. The number of hydrogen-bond acceptors (Lipinski definition) is 9. The lowest BCUT2D eigenvalue weighted by molar-refractivity contribution is 0.0482. The second-order valence-electron chi connectivity index (χ2n) is 15.2. The highest BCUT2D eigenvalue weighted by Gasteiger charge is 2.43. The van der Waals surface area contributed by atoms with Crippen molar-refractivity contribution < 1.29 is 36.3 Å². The van der Waals surface area contributed by atoms with Crippen LogP contribution in [0.25, 0.3) is 33.5 Å². The smallest absolute Gasteiger partial charge is 0.420 e. The van der Waals surface area contributed by atoms with Crippen LogP contribution >= 0.6 is 11.6 Å². The number of carbonyl (C=O) groups excluding carboxylic acids is 2. The minimum atomic E-state index is -4.31. The lowest BCUT2D eigenvalue weighted by atomic mass is 9.97. The summed E-state index contributed by atoms with van der Waals surface area (Å²) in [6.07, 6.45) is 6.03. The van der Waals surface area contributed by atoms with E-state index in [2.05, 4.69) is 20.2 Å². The Bertz CT molecular complexity index is 2260. The number of ether oxygens (including phenoxy) is 2. The number of benzene rings is 1. The molecule has 16 heteroatoms. The van der Waals surface area contributed by atoms with Crippen LogP contribution in [-0.4, -0.2) is 79.1 Å². The molecule has 1 fully saturated rings. The van der Waals surface area contributed by atoms with Gasteiger partial charge in [-0.3, -0.25) is 0 Å². The van der Waals surface area contributed by atoms with Gasteiger partial charge in [0.1, 0.15) is 15.9 Å². The number of piperidine rings is 1. The normalized spacial score (nSPS) is 19.1. The third-order valence-electron chi connectivity index (χ3n) is 8.83. The SMILES string of the molecule is CC(C)(C)OC(=O)NC1CCN(C2=CCC(C)(S(=O)(=O)n3cc(-c4nc5cc(F)c(F)cc5n4C(=O)OC(C)(C)C)c4cccnc43)C=C2Cl)CC1. The van der Waals surface area contributed by atoms with E-state index in [0.717, 1.165) is 20.7 Å². The molecule has 1 aliphatic carbocycles. The molecule has 1 aromatic carbocycles. The van der Waals surface area contributed by atoms with Crippen molar-refractivity contribution in [2.45, 2.75) is 89.7 Å². The molecule has 0 spiro atoms. The maximum absolute atomic E-state index is 14.6. The Labute approximate surface area is 305 Å². The largest absolute Gasteiger partial charge is 0.444 e. The molecule has 6 rings (SSSR count). The van der Waals surface area contributed by atoms with E-state index in [-0.39, 0.29) is 45.6 Å². The summed E-state index contributed by atoms with van der Waals surface area (Å²) in [5.41, 5.74) is -0.738. The molecular formula is C36H41ClF2N6O6S. The van der Waals surface area contributed by atoms with E-state index >= 15 is 0 Å². The van der Waals surface area contributed by atoms with Gasteiger partial charge in [-0.15, -0.1) is 0 Å². The first-order chi connectivity index (χ1) is 24.2. The lowest BCUT2D eigenvalue weighted by Crippen LogP contribution is -2.46. The zero-order valence-corrected chi connectivity index (χ0v) is 31.5. The average molecular weight is 759 g/mol. The molecule has 2 aliphatic rings. The Kier molecular flexibility index (Phi) is 9.44. The lowest BCUT2D eigenvalue weighted by Gasteiger charge is -2.38. The van der Waals surface area contributed by atoms with Gasteiger partial charge in [0, 0.05) is 54.6 Å². The third-order valence-corrected chi connectivity index (χ3v) is 11.4. The van der Waals surface area contributed by atoms with Crippen molar-refractivity contribution in [2.75, 3.05) is 13.1 Å². The average Bonchev–Trinajstić information content (AvgIpc) is 3.59. The number of amides is 1. The minimum absolute atomic E-state index is 0.0383. The highest BCUT2D eigenvalue weighted by molar-refractivity contribution is 7.91. The van der Waals surface area contributed by atoms with Crippen LogP contribution in [0.5, 0.6) is 0 Å². The number of imidazole rings is 1. The molecule has 12 nitrogen and oxygen atoms in total. The Morgan fingerprint density at radius 2 is 1.69 bits per heavy atom. The summed E-state index contributed by atoms with van der Waals surface area (Å²) in [4.78, 5) is 36.7. The van der Waals surface area contributed by atoms with E-state index in [1.54, 1.807) is 66.7 Å². The van der Waals surface area contributed by atoms with Crippen molar-refractivity contribution in [1.29, 1.82) is 0 Å². The number of nitrogens with one attached hydrogen (secondary N) is 1. The van der Waals surface area contributed by atoms with Crippen molar-refractivity contribution in [1.82, 2.24) is 28.7 Å². The van der Waals surface area contributed by atoms with Gasteiger partial charge in [-0.1, -0.05) is 17.7 Å². The highest BCUT2D eigenvalue weighted by Crippen LogP contribution is 2.40. The molecule has 4 heterocycles. The van der Waals surface area contributed by atoms with Crippen LogP contribution in [0.15, 0.2) is 59.5 Å². The minimum Gasteiger partial charge on any atom is -0.444 e. The number of halogens is 3. The molecule has 1 unspecified atom stereocenters. The van der Waals surface area contributed by atoms with E-state index in [4.69, 9.17) is 21.1 Å². The zero-order chi connectivity index (χ0) is 38.0. The van der Waals surface area contributed by atoms with E-state index in [0.29, 0.717) is 37.0 Å². The van der Waals surface area contributed by atoms with E-state index in [1.165, 1.54) is 18.5 Å². The number of nitrogens with zero attached hydrogens (tertiary/aromatic N) is 5. The number of hydrogen-bond donors (Lipinski definition) is 1. The molecule has 52 heavy (non-hydrogen) atoms. The summed E-state index contributed by atoms with van der Waals surface area (Å²) in [5, 5.41) is 3.49. The molecule has 0 radical (unpaired) electrons. The summed E-state index contributed by atoms with van der Waals surface area (Å²) in [6, 6.07) is 4.86. The molecule has 4 aromatic rings. The molecule has 1 atom stereocenters. The fourth-order valence-corrected chi connectivity index (χ4v) is 8.49. The Morgan fingerprint density at radius 1 is 1.04 bits per heavy atom. The number of aromatic nitrogens is 4. The van der Waals surface area contributed by atoms with Crippen LogP contribution in [0.3, 0.4) is 0 Å². The summed E-state index contributed by atoms with van der Waals surface area (Å²) < 4.78 is 69.5. The van der Waals surface area contributed by atoms with Gasteiger partial charge in [0.05, 0.1) is 21.8 Å². The van der Waals surface area contributed by atoms with Crippen LogP contribution in [0.2, 0.25) is 0 Å². The molecular weight excluding hydrogens is 718 g/mol. The quantitative estimate of drug-likeness (QED) is 0.220. The predicted octanol–water partition coefficient (Wildman–Crippen LogP) is 7.45. The molecule has 278 valence electrons. The van der Waals surface area contributed by atoms with Gasteiger partial charge >= 0.3 is 12.2 Å². The van der Waals surface area contributed by atoms with Gasteiger partial charge in [-0.2, -0.15) is 0 Å². The predicted molar refractivity (Wildman–Crippen MR) is 193 cm³/mol. The van der Waals surface area contributed by atoms with E-state index in [9.17, 15) is 26.8 Å². The molecule has 0 saturated carbocycles. The number of alkyl carbamates (subject to hydrolysis) is 1. The summed E-state index contributed by atoms with van der Waals surface area (Å²) in [7, 11) is -4.31. The van der Waals surface area contributed by atoms with Gasteiger partial charge in [-0.05, 0) is 85.9 Å². The van der Waals surface area contributed by atoms with Crippen LogP contribution in [0, 0.1) is 11.6 Å². The standard InChI is InChI=1S/C36H41ClF2N6O6S/c1-34(2,3)50-32(46)41-21-11-15-43(16-12-21)28-10-13-36(7,19-24(28)37)52(48,49)44-20-23(22-9-8-14-40-30(22)44)31-42-27-17-25(38)26(39)18-29(27)45(31)33(47)51-35(4,5)6/h8-10,14,17-21H,11-13,15-16H2,1-7H3,(H,41,46). The summed E-state index contributed by atoms with van der Waals surface area (Å²) in [6.45, 7) is 13.1. The van der Waals surface area contributed by atoms with E-state index < -0.39 is 49.8 Å². The van der Waals surface area contributed by atoms with Gasteiger partial charge in [-0.25, -0.2) is 45.3 Å². The fraction of sp³-hybridized carbons (Fsp3) is 0.444. The molecule has 0 bridgehead atoms. The number of pyridine rings is 1. The highest BCUT2D eigenvalue weighted by atomic mass is 35.5. The fourth-order valence-electron chi connectivity index (χ4n) is 6.36. The van der Waals surface area contributed by atoms with Gasteiger partial charge in [0.2, 0.25) is 10.0 Å². The molecule has 1 amide bonds. The van der Waals surface area contributed by atoms with Gasteiger partial charge < -0.3 is 19.7 Å². The Morgan fingerprint density at radius 3 is 2.33 bits per heavy atom. The van der Waals surface area contributed by atoms with Crippen LogP contribution < -0.4 is 5.32 Å². The van der Waals surface area contributed by atoms with E-state index in [1.807, 2.05) is 0 Å². The topological polar surface area (TPSA) is 138 Å². The molecule has 1 saturated heterocycles. The first-order valence-electron chi connectivity index (χ1n) is 16.8. The number of likely N-dealkylation sites (tertiary alicyclic amines) is 1. The van der Waals surface area contributed by atoms with Crippen LogP contribution in [-0.2, 0) is 19.5 Å². The Balaban J connectivity index is 1.33. The van der Waals surface area contributed by atoms with Gasteiger partial charge in [0.25, 0.3) is 0 Å².